The highest BCUT2D eigenvalue weighted by atomic mass is 29.5. The third-order valence-electron chi connectivity index (χ3n) is 2.19. The summed E-state index contributed by atoms with van der Waals surface area (Å²) in [4.78, 5) is 0. The molecule has 0 spiro atoms. The van der Waals surface area contributed by atoms with E-state index in [1.54, 1.807) is 21.8 Å². The van der Waals surface area contributed by atoms with Crippen molar-refractivity contribution < 1.29 is 0 Å². The molecule has 11 heavy (non-hydrogen) atoms. The molecule has 0 saturated heterocycles. The van der Waals surface area contributed by atoms with Gasteiger partial charge in [-0.05, 0) is 30.2 Å². The first kappa shape index (κ1) is 11.7. The Morgan fingerprint density at radius 2 is 1.45 bits per heavy atom. The van der Waals surface area contributed by atoms with Crippen molar-refractivity contribution in [3.8, 4) is 0 Å². The molecule has 0 aromatic rings. The molecule has 0 aliphatic heterocycles. The lowest BCUT2D eigenvalue weighted by Crippen LogP contribution is -2.26. The van der Waals surface area contributed by atoms with E-state index in [0.717, 1.165) is 11.8 Å². The van der Waals surface area contributed by atoms with Gasteiger partial charge in [-0.25, -0.2) is 0 Å². The zero-order chi connectivity index (χ0) is 8.85. The van der Waals surface area contributed by atoms with Crippen molar-refractivity contribution in [3.63, 3.8) is 0 Å². The topological polar surface area (TPSA) is 0 Å². The van der Waals surface area contributed by atoms with Gasteiger partial charge in [0.25, 0.3) is 0 Å². The molecule has 0 saturated carbocycles. The second-order valence-corrected chi connectivity index (χ2v) is 21.3. The Labute approximate surface area is 78.6 Å². The van der Waals surface area contributed by atoms with Crippen LogP contribution in [0, 0.1) is 11.8 Å². The fourth-order valence-corrected chi connectivity index (χ4v) is 17.3. The first-order valence-corrected chi connectivity index (χ1v) is 15.6. The Morgan fingerprint density at radius 3 is 1.64 bits per heavy atom. The summed E-state index contributed by atoms with van der Waals surface area (Å²) in [6.07, 6.45) is 0. The van der Waals surface area contributed by atoms with E-state index in [4.69, 9.17) is 0 Å². The van der Waals surface area contributed by atoms with E-state index in [1.807, 2.05) is 0 Å². The van der Waals surface area contributed by atoms with Gasteiger partial charge in [0.1, 0.15) is 0 Å². The summed E-state index contributed by atoms with van der Waals surface area (Å²) < 4.78 is 0. The molecule has 0 radical (unpaired) electrons. The molecule has 0 unspecified atom stereocenters. The van der Waals surface area contributed by atoms with E-state index in [0.29, 0.717) is 8.55 Å². The summed E-state index contributed by atoms with van der Waals surface area (Å²) in [5, 5.41) is 0. The second kappa shape index (κ2) is 6.20. The van der Waals surface area contributed by atoms with Crippen LogP contribution in [-0.2, 0) is 0 Å². The van der Waals surface area contributed by atoms with Crippen molar-refractivity contribution in [2.45, 2.75) is 39.8 Å². The third-order valence-corrected chi connectivity index (χ3v) is 22.4. The molecule has 0 nitrogen and oxygen atoms in total. The van der Waals surface area contributed by atoms with Crippen LogP contribution in [0.2, 0.25) is 12.1 Å². The standard InChI is InChI=1S/C8H24Si3/c1-7(2)5-11(10-9)6-8(3)4/h7-8,11H,5-6,10H2,1-4,9H3. The Bertz CT molecular complexity index is 81.3. The van der Waals surface area contributed by atoms with Gasteiger partial charge in [-0.1, -0.05) is 39.8 Å². The molecule has 0 fully saturated rings. The van der Waals surface area contributed by atoms with Gasteiger partial charge in [-0.3, -0.25) is 0 Å². The maximum atomic E-state index is 2.39. The SMILES string of the molecule is CC(C)C[SiH](CC(C)C)[SiH2][SiH3]. The molecular formula is C8H24Si3. The maximum Gasteiger partial charge on any atom is 0.0212 e. The van der Waals surface area contributed by atoms with Crippen molar-refractivity contribution in [1.82, 2.24) is 0 Å². The Hall–Kier alpha value is 0.651. The maximum absolute atomic E-state index is 2.39. The molecule has 0 aliphatic carbocycles. The second-order valence-electron chi connectivity index (χ2n) is 4.53. The van der Waals surface area contributed by atoms with Crippen molar-refractivity contribution >= 4 is 26.6 Å². The van der Waals surface area contributed by atoms with Gasteiger partial charge in [0.15, 0.2) is 0 Å². The molecular weight excluding hydrogens is 180 g/mol. The van der Waals surface area contributed by atoms with Crippen LogP contribution in [0.3, 0.4) is 0 Å². The van der Waals surface area contributed by atoms with E-state index in [1.165, 1.54) is 0 Å². The average Bonchev–Trinajstić information content (AvgIpc) is 1.84. The zero-order valence-corrected chi connectivity index (χ0v) is 13.4. The van der Waals surface area contributed by atoms with Gasteiger partial charge in [-0.15, -0.1) is 0 Å². The van der Waals surface area contributed by atoms with Gasteiger partial charge < -0.3 is 0 Å². The summed E-state index contributed by atoms with van der Waals surface area (Å²) in [5.41, 5.74) is 0. The molecule has 0 aliphatic rings. The number of hydrogen-bond donors (Lipinski definition) is 0. The normalized spacial score (nSPS) is 13.4. The monoisotopic (exact) mass is 204 g/mol. The zero-order valence-electron chi connectivity index (χ0n) is 8.85. The third kappa shape index (κ3) is 7.03. The smallest absolute Gasteiger partial charge is 0.0212 e. The van der Waals surface area contributed by atoms with E-state index >= 15 is 0 Å². The van der Waals surface area contributed by atoms with Gasteiger partial charge in [-0.2, -0.15) is 0 Å². The van der Waals surface area contributed by atoms with E-state index in [-0.39, 0.29) is 8.31 Å². The molecule has 0 aromatic carbocycles. The molecule has 0 heterocycles. The highest BCUT2D eigenvalue weighted by Crippen LogP contribution is 2.12. The minimum Gasteiger partial charge on any atom is -0.0631 e. The van der Waals surface area contributed by atoms with Crippen LogP contribution >= 0.6 is 0 Å². The van der Waals surface area contributed by atoms with E-state index < -0.39 is 0 Å². The van der Waals surface area contributed by atoms with Crippen molar-refractivity contribution in [2.24, 2.45) is 11.8 Å². The van der Waals surface area contributed by atoms with E-state index in [9.17, 15) is 0 Å². The summed E-state index contributed by atoms with van der Waals surface area (Å²) in [7, 11) is 1.98. The highest BCUT2D eigenvalue weighted by molar-refractivity contribution is 7.31. The predicted octanol–water partition coefficient (Wildman–Crippen LogP) is 0.471. The lowest BCUT2D eigenvalue weighted by atomic mass is 10.3. The minimum absolute atomic E-state index is 0.128. The molecule has 0 bridgehead atoms. The number of hydrogen-bond acceptors (Lipinski definition) is 0. The first-order chi connectivity index (χ1) is 5.06. The summed E-state index contributed by atoms with van der Waals surface area (Å²) in [6.45, 7) is 9.58. The lowest BCUT2D eigenvalue weighted by Gasteiger charge is -2.17. The van der Waals surface area contributed by atoms with Crippen LogP contribution < -0.4 is 0 Å². The van der Waals surface area contributed by atoms with Gasteiger partial charge in [0.05, 0.1) is 0 Å². The molecule has 0 amide bonds. The molecule has 0 atom stereocenters. The first-order valence-electron chi connectivity index (χ1n) is 5.06. The molecule has 0 rings (SSSR count). The van der Waals surface area contributed by atoms with Crippen molar-refractivity contribution in [2.75, 3.05) is 0 Å². The van der Waals surface area contributed by atoms with Crippen LogP contribution in [0.25, 0.3) is 0 Å². The van der Waals surface area contributed by atoms with E-state index in [2.05, 4.69) is 27.7 Å². The number of rotatable bonds is 5. The Morgan fingerprint density at radius 1 is 1.09 bits per heavy atom. The van der Waals surface area contributed by atoms with Crippen LogP contribution in [0.15, 0.2) is 0 Å². The fourth-order valence-electron chi connectivity index (χ4n) is 1.76. The minimum atomic E-state index is -0.128. The van der Waals surface area contributed by atoms with Gasteiger partial charge in [0.2, 0.25) is 0 Å². The Balaban J connectivity index is 3.58. The lowest BCUT2D eigenvalue weighted by molar-refractivity contribution is 0.697. The Kier molecular flexibility index (Phi) is 6.56. The molecule has 68 valence electrons. The predicted molar refractivity (Wildman–Crippen MR) is 64.9 cm³/mol. The summed E-state index contributed by atoms with van der Waals surface area (Å²) >= 11 is 0. The van der Waals surface area contributed by atoms with Crippen molar-refractivity contribution in [3.05, 3.63) is 0 Å². The highest BCUT2D eigenvalue weighted by Gasteiger charge is 2.11. The van der Waals surface area contributed by atoms with Gasteiger partial charge >= 0.3 is 0 Å². The summed E-state index contributed by atoms with van der Waals surface area (Å²) in [5.74, 6) is 1.98. The average molecular weight is 205 g/mol. The summed E-state index contributed by atoms with van der Waals surface area (Å²) in [6, 6.07) is 3.29. The van der Waals surface area contributed by atoms with Gasteiger partial charge in [0, 0.05) is 8.31 Å². The molecule has 0 aromatic heterocycles. The van der Waals surface area contributed by atoms with Crippen molar-refractivity contribution in [1.29, 1.82) is 0 Å². The fraction of sp³-hybridized carbons (Fsp3) is 1.00. The van der Waals surface area contributed by atoms with Crippen LogP contribution in [-0.4, -0.2) is 26.6 Å². The molecule has 3 heteroatoms. The van der Waals surface area contributed by atoms with Crippen LogP contribution in [0.4, 0.5) is 0 Å². The molecule has 0 N–H and O–H groups in total. The van der Waals surface area contributed by atoms with Crippen LogP contribution in [0.5, 0.6) is 0 Å². The quantitative estimate of drug-likeness (QED) is 0.571. The largest absolute Gasteiger partial charge is 0.0631 e. The van der Waals surface area contributed by atoms with Crippen LogP contribution in [0.1, 0.15) is 27.7 Å².